The van der Waals surface area contributed by atoms with E-state index in [0.717, 1.165) is 5.56 Å². The Morgan fingerprint density at radius 2 is 2.12 bits per heavy atom. The minimum atomic E-state index is -0.586. The van der Waals surface area contributed by atoms with Crippen LogP contribution in [0.4, 0.5) is 4.79 Å². The number of nitrogens with two attached hydrogens (primary N) is 1. The van der Waals surface area contributed by atoms with Gasteiger partial charge in [0.25, 0.3) is 0 Å². The summed E-state index contributed by atoms with van der Waals surface area (Å²) in [6, 6.07) is 9.42. The second-order valence-corrected chi connectivity index (χ2v) is 3.22. The van der Waals surface area contributed by atoms with Gasteiger partial charge in [-0.15, -0.1) is 0 Å². The first-order chi connectivity index (χ1) is 7.72. The number of nitrogens with one attached hydrogen (secondary N) is 1. The molecule has 1 rings (SSSR count). The van der Waals surface area contributed by atoms with Crippen LogP contribution in [0.15, 0.2) is 35.4 Å². The zero-order valence-electron chi connectivity index (χ0n) is 9.14. The summed E-state index contributed by atoms with van der Waals surface area (Å²) in [5.41, 5.74) is 9.11. The second-order valence-electron chi connectivity index (χ2n) is 3.22. The third-order valence-corrected chi connectivity index (χ3v) is 1.85. The van der Waals surface area contributed by atoms with Crippen LogP contribution in [-0.2, 0) is 11.3 Å². The highest BCUT2D eigenvalue weighted by Gasteiger charge is 2.00. The van der Waals surface area contributed by atoms with Gasteiger partial charge in [0, 0.05) is 12.3 Å². The topological polar surface area (TPSA) is 76.7 Å². The predicted molar refractivity (Wildman–Crippen MR) is 61.9 cm³/mol. The van der Waals surface area contributed by atoms with Crippen LogP contribution in [0.1, 0.15) is 12.5 Å². The van der Waals surface area contributed by atoms with E-state index in [0.29, 0.717) is 12.3 Å². The first-order valence-electron chi connectivity index (χ1n) is 4.92. The van der Waals surface area contributed by atoms with Crippen molar-refractivity contribution in [3.63, 3.8) is 0 Å². The number of benzene rings is 1. The molecule has 86 valence electrons. The summed E-state index contributed by atoms with van der Waals surface area (Å²) in [5.74, 6) is 0. The number of nitrogens with zero attached hydrogens (tertiary/aromatic N) is 1. The average Bonchev–Trinajstić information content (AvgIpc) is 2.34. The molecule has 0 aromatic heterocycles. The Kier molecular flexibility index (Phi) is 5.01. The van der Waals surface area contributed by atoms with E-state index < -0.39 is 6.09 Å². The normalized spacial score (nSPS) is 11.0. The van der Waals surface area contributed by atoms with Crippen molar-refractivity contribution in [2.24, 2.45) is 10.8 Å². The number of hydrazone groups is 1. The Morgan fingerprint density at radius 3 is 2.75 bits per heavy atom. The van der Waals surface area contributed by atoms with Crippen molar-refractivity contribution >= 4 is 11.8 Å². The van der Waals surface area contributed by atoms with Gasteiger partial charge in [-0.25, -0.2) is 10.2 Å². The van der Waals surface area contributed by atoms with Crippen molar-refractivity contribution in [2.45, 2.75) is 13.5 Å². The molecule has 0 saturated heterocycles. The zero-order valence-corrected chi connectivity index (χ0v) is 9.14. The minimum Gasteiger partial charge on any atom is -0.443 e. The van der Waals surface area contributed by atoms with E-state index in [-0.39, 0.29) is 6.61 Å². The first kappa shape index (κ1) is 12.2. The van der Waals surface area contributed by atoms with Crippen LogP contribution in [0.3, 0.4) is 0 Å². The van der Waals surface area contributed by atoms with E-state index >= 15 is 0 Å². The van der Waals surface area contributed by atoms with Crippen molar-refractivity contribution < 1.29 is 9.53 Å². The Morgan fingerprint density at radius 1 is 1.44 bits per heavy atom. The molecule has 1 aromatic carbocycles. The molecule has 0 heterocycles. The fourth-order valence-electron chi connectivity index (χ4n) is 0.942. The fraction of sp³-hybridized carbons (Fsp3) is 0.273. The van der Waals surface area contributed by atoms with Crippen molar-refractivity contribution in [3.8, 4) is 0 Å². The molecule has 5 nitrogen and oxygen atoms in total. The maximum absolute atomic E-state index is 11.2. The molecular formula is C11H15N3O2. The van der Waals surface area contributed by atoms with E-state index in [1.54, 1.807) is 6.92 Å². The van der Waals surface area contributed by atoms with Gasteiger partial charge in [-0.2, -0.15) is 5.10 Å². The first-order valence-corrected chi connectivity index (χ1v) is 4.92. The summed E-state index contributed by atoms with van der Waals surface area (Å²) in [7, 11) is 0. The minimum absolute atomic E-state index is 0.226. The molecule has 0 saturated carbocycles. The lowest BCUT2D eigenvalue weighted by molar-refractivity contribution is 0.140. The number of carbonyl (C=O) groups is 1. The van der Waals surface area contributed by atoms with Gasteiger partial charge >= 0.3 is 6.09 Å². The van der Waals surface area contributed by atoms with Crippen molar-refractivity contribution in [3.05, 3.63) is 35.9 Å². The molecule has 0 spiro atoms. The predicted octanol–water partition coefficient (Wildman–Crippen LogP) is 1.25. The molecule has 0 atom stereocenters. The quantitative estimate of drug-likeness (QED) is 0.593. The third kappa shape index (κ3) is 4.56. The summed E-state index contributed by atoms with van der Waals surface area (Å²) in [6.45, 7) is 2.25. The number of hydrogen-bond donors (Lipinski definition) is 2. The molecule has 0 fully saturated rings. The van der Waals surface area contributed by atoms with E-state index in [9.17, 15) is 4.79 Å². The number of rotatable bonds is 4. The van der Waals surface area contributed by atoms with Gasteiger partial charge in [-0.05, 0) is 12.5 Å². The van der Waals surface area contributed by atoms with E-state index in [2.05, 4.69) is 10.5 Å². The molecule has 0 aliphatic carbocycles. The Balaban J connectivity index is 2.31. The lowest BCUT2D eigenvalue weighted by Crippen LogP contribution is -2.22. The fourth-order valence-corrected chi connectivity index (χ4v) is 0.942. The smallest absolute Gasteiger partial charge is 0.428 e. The van der Waals surface area contributed by atoms with Gasteiger partial charge in [0.1, 0.15) is 6.61 Å². The summed E-state index contributed by atoms with van der Waals surface area (Å²) in [5, 5.41) is 3.72. The van der Waals surface area contributed by atoms with Crippen LogP contribution in [0.5, 0.6) is 0 Å². The maximum Gasteiger partial charge on any atom is 0.428 e. The average molecular weight is 221 g/mol. The SMILES string of the molecule is C/C(CN)=N\NC(=O)OCc1ccccc1. The monoisotopic (exact) mass is 221 g/mol. The van der Waals surface area contributed by atoms with Crippen molar-refractivity contribution in [1.82, 2.24) is 5.43 Å². The highest BCUT2D eigenvalue weighted by Crippen LogP contribution is 2.00. The van der Waals surface area contributed by atoms with Gasteiger partial charge < -0.3 is 10.5 Å². The summed E-state index contributed by atoms with van der Waals surface area (Å²) >= 11 is 0. The standard InChI is InChI=1S/C11H15N3O2/c1-9(7-12)13-14-11(15)16-8-10-5-3-2-4-6-10/h2-6H,7-8,12H2,1H3,(H,14,15)/b13-9+. The maximum atomic E-state index is 11.2. The van der Waals surface area contributed by atoms with Crippen LogP contribution >= 0.6 is 0 Å². The van der Waals surface area contributed by atoms with Gasteiger partial charge in [0.05, 0.1) is 0 Å². The van der Waals surface area contributed by atoms with E-state index in [1.165, 1.54) is 0 Å². The summed E-state index contributed by atoms with van der Waals surface area (Å²) in [4.78, 5) is 11.2. The lowest BCUT2D eigenvalue weighted by atomic mass is 10.2. The molecule has 0 aliphatic heterocycles. The lowest BCUT2D eigenvalue weighted by Gasteiger charge is -2.04. The molecule has 1 aromatic rings. The Labute approximate surface area is 94.3 Å². The molecule has 3 N–H and O–H groups in total. The van der Waals surface area contributed by atoms with Gasteiger partial charge in [-0.1, -0.05) is 30.3 Å². The van der Waals surface area contributed by atoms with Gasteiger partial charge in [0.2, 0.25) is 0 Å². The highest BCUT2D eigenvalue weighted by atomic mass is 16.5. The van der Waals surface area contributed by atoms with Gasteiger partial charge in [-0.3, -0.25) is 0 Å². The van der Waals surface area contributed by atoms with Gasteiger partial charge in [0.15, 0.2) is 0 Å². The Hall–Kier alpha value is -1.88. The summed E-state index contributed by atoms with van der Waals surface area (Å²) in [6.07, 6.45) is -0.586. The van der Waals surface area contributed by atoms with E-state index in [1.807, 2.05) is 30.3 Å². The highest BCUT2D eigenvalue weighted by molar-refractivity contribution is 5.84. The number of ether oxygens (including phenoxy) is 1. The molecule has 0 aliphatic rings. The largest absolute Gasteiger partial charge is 0.443 e. The molecule has 0 unspecified atom stereocenters. The van der Waals surface area contributed by atoms with Crippen LogP contribution in [0, 0.1) is 0 Å². The van der Waals surface area contributed by atoms with Crippen LogP contribution in [0.2, 0.25) is 0 Å². The Bertz CT molecular complexity index is 363. The summed E-state index contributed by atoms with van der Waals surface area (Å²) < 4.78 is 4.93. The number of carbonyl (C=O) groups excluding carboxylic acids is 1. The van der Waals surface area contributed by atoms with Crippen molar-refractivity contribution in [1.29, 1.82) is 0 Å². The van der Waals surface area contributed by atoms with Crippen LogP contribution in [-0.4, -0.2) is 18.3 Å². The van der Waals surface area contributed by atoms with Crippen molar-refractivity contribution in [2.75, 3.05) is 6.54 Å². The molecule has 5 heteroatoms. The van der Waals surface area contributed by atoms with Crippen LogP contribution < -0.4 is 11.2 Å². The number of hydrogen-bond acceptors (Lipinski definition) is 4. The zero-order chi connectivity index (χ0) is 11.8. The molecule has 0 bridgehead atoms. The molecule has 0 radical (unpaired) electrons. The second kappa shape index (κ2) is 6.58. The molecule has 1 amide bonds. The molecule has 16 heavy (non-hydrogen) atoms. The number of amides is 1. The van der Waals surface area contributed by atoms with E-state index in [4.69, 9.17) is 10.5 Å². The molecular weight excluding hydrogens is 206 g/mol. The third-order valence-electron chi connectivity index (χ3n) is 1.85. The van der Waals surface area contributed by atoms with Crippen LogP contribution in [0.25, 0.3) is 0 Å².